The van der Waals surface area contributed by atoms with Crippen LogP contribution < -0.4 is 14.5 Å². The lowest BCUT2D eigenvalue weighted by atomic mass is 10.1. The van der Waals surface area contributed by atoms with Crippen molar-refractivity contribution in [1.29, 1.82) is 0 Å². The van der Waals surface area contributed by atoms with Crippen LogP contribution in [0, 0.1) is 5.82 Å². The molecule has 0 aliphatic carbocycles. The lowest BCUT2D eigenvalue weighted by molar-refractivity contribution is -0.187. The largest absolute Gasteiger partial charge is 0.491 e. The highest BCUT2D eigenvalue weighted by Gasteiger charge is 2.58. The molecule has 192 valence electrons. The highest BCUT2D eigenvalue weighted by atomic mass is 35.5. The molecule has 2 atom stereocenters. The Kier molecular flexibility index (Phi) is 6.50. The average Bonchev–Trinajstić information content (AvgIpc) is 3.45. The molecule has 0 saturated carbocycles. The molecule has 3 aliphatic heterocycles. The van der Waals surface area contributed by atoms with Crippen molar-refractivity contribution in [3.05, 3.63) is 89.2 Å². The number of nitrogens with zero attached hydrogens (tertiary/aromatic N) is 3. The topological polar surface area (TPSA) is 54.5 Å². The monoisotopic (exact) mass is 523 g/mol. The SMILES string of the molecule is O=C1N(CN2CCN(c3ccccc3F)CC2)c2ccccc2C12OCC(COc1ccc(Cl)cc1)O2. The minimum Gasteiger partial charge on any atom is -0.491 e. The zero-order valence-electron chi connectivity index (χ0n) is 20.2. The number of piperazine rings is 1. The Bertz CT molecular complexity index is 1280. The van der Waals surface area contributed by atoms with Crippen molar-refractivity contribution >= 4 is 28.9 Å². The number of anilines is 2. The van der Waals surface area contributed by atoms with Gasteiger partial charge in [-0.2, -0.15) is 0 Å². The predicted molar refractivity (Wildman–Crippen MR) is 138 cm³/mol. The van der Waals surface area contributed by atoms with Gasteiger partial charge in [0.25, 0.3) is 11.7 Å². The fourth-order valence-corrected chi connectivity index (χ4v) is 5.26. The van der Waals surface area contributed by atoms with E-state index in [1.54, 1.807) is 41.3 Å². The molecule has 2 saturated heterocycles. The molecule has 7 nitrogen and oxygen atoms in total. The molecule has 3 aromatic rings. The summed E-state index contributed by atoms with van der Waals surface area (Å²) in [4.78, 5) is 19.8. The molecule has 37 heavy (non-hydrogen) atoms. The van der Waals surface area contributed by atoms with Gasteiger partial charge in [0.2, 0.25) is 0 Å². The van der Waals surface area contributed by atoms with Crippen LogP contribution in [0.5, 0.6) is 5.75 Å². The van der Waals surface area contributed by atoms with Crippen molar-refractivity contribution in [2.75, 3.05) is 55.9 Å². The van der Waals surface area contributed by atoms with Gasteiger partial charge in [0.1, 0.15) is 24.3 Å². The van der Waals surface area contributed by atoms with Gasteiger partial charge >= 0.3 is 0 Å². The van der Waals surface area contributed by atoms with E-state index in [2.05, 4.69) is 4.90 Å². The molecule has 9 heteroatoms. The first-order valence-electron chi connectivity index (χ1n) is 12.4. The lowest BCUT2D eigenvalue weighted by Crippen LogP contribution is -2.52. The van der Waals surface area contributed by atoms with Crippen molar-refractivity contribution in [3.8, 4) is 5.75 Å². The zero-order chi connectivity index (χ0) is 25.4. The van der Waals surface area contributed by atoms with Gasteiger partial charge < -0.3 is 19.1 Å². The summed E-state index contributed by atoms with van der Waals surface area (Å²) in [5, 5.41) is 0.633. The molecule has 3 aromatic carbocycles. The van der Waals surface area contributed by atoms with Crippen LogP contribution in [0.4, 0.5) is 15.8 Å². The first-order chi connectivity index (χ1) is 18.0. The molecule has 0 bridgehead atoms. The second-order valence-corrected chi connectivity index (χ2v) is 9.82. The van der Waals surface area contributed by atoms with Crippen molar-refractivity contribution in [2.24, 2.45) is 0 Å². The maximum atomic E-state index is 14.2. The first kappa shape index (κ1) is 24.2. The standard InChI is InChI=1S/C28H27ClFN3O4/c29-20-9-11-21(12-10-20)35-17-22-18-36-28(37-22)23-5-1-3-7-25(23)33(27(28)34)19-31-13-15-32(16-14-31)26-8-4-2-6-24(26)30/h1-12,22H,13-19H2. The average molecular weight is 524 g/mol. The Hall–Kier alpha value is -3.17. The van der Waals surface area contributed by atoms with Crippen molar-refractivity contribution in [1.82, 2.24) is 4.90 Å². The Morgan fingerprint density at radius 2 is 1.65 bits per heavy atom. The molecule has 3 aliphatic rings. The molecule has 6 rings (SSSR count). The van der Waals surface area contributed by atoms with Crippen LogP contribution >= 0.6 is 11.6 Å². The van der Waals surface area contributed by atoms with Gasteiger partial charge in [0.15, 0.2) is 0 Å². The summed E-state index contributed by atoms with van der Waals surface area (Å²) >= 11 is 5.95. The number of ether oxygens (including phenoxy) is 3. The van der Waals surface area contributed by atoms with Crippen LogP contribution in [0.25, 0.3) is 0 Å². The molecule has 1 amide bonds. The highest BCUT2D eigenvalue weighted by molar-refractivity contribution is 6.30. The second kappa shape index (κ2) is 9.95. The van der Waals surface area contributed by atoms with Crippen LogP contribution in [0.15, 0.2) is 72.8 Å². The number of carbonyl (C=O) groups is 1. The smallest absolute Gasteiger partial charge is 0.293 e. The Balaban J connectivity index is 1.13. The lowest BCUT2D eigenvalue weighted by Gasteiger charge is -2.38. The van der Waals surface area contributed by atoms with Gasteiger partial charge in [-0.05, 0) is 42.5 Å². The van der Waals surface area contributed by atoms with E-state index in [1.807, 2.05) is 35.2 Å². The van der Waals surface area contributed by atoms with E-state index in [4.69, 9.17) is 25.8 Å². The van der Waals surface area contributed by atoms with Gasteiger partial charge in [0, 0.05) is 36.8 Å². The van der Waals surface area contributed by atoms with E-state index in [0.717, 1.165) is 5.69 Å². The Labute approximate surface area is 219 Å². The third-order valence-corrected chi connectivity index (χ3v) is 7.29. The van der Waals surface area contributed by atoms with Crippen LogP contribution in [0.2, 0.25) is 5.02 Å². The number of fused-ring (bicyclic) bond motifs is 2. The first-order valence-corrected chi connectivity index (χ1v) is 12.7. The maximum absolute atomic E-state index is 14.2. The molecule has 3 heterocycles. The van der Waals surface area contributed by atoms with Crippen molar-refractivity contribution in [2.45, 2.75) is 11.9 Å². The second-order valence-electron chi connectivity index (χ2n) is 9.38. The third-order valence-electron chi connectivity index (χ3n) is 7.04. The van der Waals surface area contributed by atoms with Gasteiger partial charge in [-0.25, -0.2) is 4.39 Å². The number of benzene rings is 3. The minimum absolute atomic E-state index is 0.216. The molecule has 0 radical (unpaired) electrons. The van der Waals surface area contributed by atoms with E-state index in [0.29, 0.717) is 54.9 Å². The molecule has 0 N–H and O–H groups in total. The summed E-state index contributed by atoms with van der Waals surface area (Å²) in [7, 11) is 0. The number of amides is 1. The minimum atomic E-state index is -1.47. The van der Waals surface area contributed by atoms with Gasteiger partial charge in [0.05, 0.1) is 24.7 Å². The van der Waals surface area contributed by atoms with E-state index >= 15 is 0 Å². The maximum Gasteiger partial charge on any atom is 0.293 e. The number of carbonyl (C=O) groups excluding carboxylic acids is 1. The summed E-state index contributed by atoms with van der Waals surface area (Å²) < 4.78 is 32.4. The molecule has 2 unspecified atom stereocenters. The summed E-state index contributed by atoms with van der Waals surface area (Å²) in [6.07, 6.45) is -0.406. The van der Waals surface area contributed by atoms with Gasteiger partial charge in [-0.15, -0.1) is 0 Å². The van der Waals surface area contributed by atoms with Crippen molar-refractivity contribution < 1.29 is 23.4 Å². The summed E-state index contributed by atoms with van der Waals surface area (Å²) in [5.74, 6) is -1.26. The quantitative estimate of drug-likeness (QED) is 0.481. The zero-order valence-corrected chi connectivity index (χ0v) is 20.9. The summed E-state index contributed by atoms with van der Waals surface area (Å²) in [5.41, 5.74) is 2.10. The molecule has 0 aromatic heterocycles. The normalized spacial score (nSPS) is 23.6. The van der Waals surface area contributed by atoms with E-state index in [9.17, 15) is 9.18 Å². The summed E-state index contributed by atoms with van der Waals surface area (Å²) in [6.45, 7) is 3.64. The molecular formula is C28H27ClFN3O4. The highest BCUT2D eigenvalue weighted by Crippen LogP contribution is 2.47. The predicted octanol–water partition coefficient (Wildman–Crippen LogP) is 4.25. The van der Waals surface area contributed by atoms with Crippen LogP contribution in [0.1, 0.15) is 5.56 Å². The van der Waals surface area contributed by atoms with Gasteiger partial charge in [-0.1, -0.05) is 41.9 Å². The Morgan fingerprint density at radius 3 is 2.41 bits per heavy atom. The fraction of sp³-hybridized carbons (Fsp3) is 0.321. The molecule has 1 spiro atoms. The Morgan fingerprint density at radius 1 is 0.946 bits per heavy atom. The van der Waals surface area contributed by atoms with Crippen LogP contribution in [-0.4, -0.2) is 63.0 Å². The van der Waals surface area contributed by atoms with E-state index in [-0.39, 0.29) is 24.9 Å². The number of rotatable bonds is 6. The summed E-state index contributed by atoms with van der Waals surface area (Å²) in [6, 6.07) is 21.5. The molecular weight excluding hydrogens is 497 g/mol. The fourth-order valence-electron chi connectivity index (χ4n) is 5.14. The van der Waals surface area contributed by atoms with E-state index < -0.39 is 11.9 Å². The number of hydrogen-bond acceptors (Lipinski definition) is 6. The van der Waals surface area contributed by atoms with Gasteiger partial charge in [-0.3, -0.25) is 14.6 Å². The molecule has 2 fully saturated rings. The number of hydrogen-bond donors (Lipinski definition) is 0. The number of para-hydroxylation sites is 2. The van der Waals surface area contributed by atoms with Crippen molar-refractivity contribution in [3.63, 3.8) is 0 Å². The van der Waals surface area contributed by atoms with E-state index in [1.165, 1.54) is 6.07 Å². The van der Waals surface area contributed by atoms with Crippen LogP contribution in [0.3, 0.4) is 0 Å². The third kappa shape index (κ3) is 4.55. The number of halogens is 2. The van der Waals surface area contributed by atoms with Crippen LogP contribution in [-0.2, 0) is 20.1 Å².